The zero-order valence-electron chi connectivity index (χ0n) is 23.7. The maximum Gasteiger partial charge on any atom is 0.338 e. The topological polar surface area (TPSA) is 132 Å². The van der Waals surface area contributed by atoms with E-state index in [0.29, 0.717) is 34.8 Å². The third kappa shape index (κ3) is 4.53. The molecule has 0 unspecified atom stereocenters. The molecule has 0 saturated carbocycles. The van der Waals surface area contributed by atoms with Crippen LogP contribution < -0.4 is 0 Å². The van der Waals surface area contributed by atoms with Crippen molar-refractivity contribution in [2.75, 3.05) is 0 Å². The molecule has 8 bridgehead atoms. The Hall–Kier alpha value is -4.46. The highest BCUT2D eigenvalue weighted by Crippen LogP contribution is 2.36. The van der Waals surface area contributed by atoms with Crippen LogP contribution in [0.4, 0.5) is 0 Å². The van der Waals surface area contributed by atoms with Crippen molar-refractivity contribution in [1.29, 1.82) is 0 Å². The molecule has 0 saturated heterocycles. The maximum absolute atomic E-state index is 12.4. The monoisotopic (exact) mass is 538 g/mol. The number of allylic oxidation sites excluding steroid dienone is 3. The first-order valence-electron chi connectivity index (χ1n) is 13.6. The van der Waals surface area contributed by atoms with E-state index in [0.717, 1.165) is 62.7 Å². The van der Waals surface area contributed by atoms with Gasteiger partial charge in [-0.3, -0.25) is 4.79 Å². The Morgan fingerprint density at radius 2 is 1.23 bits per heavy atom. The number of carboxylic acid groups (broad SMARTS) is 2. The van der Waals surface area contributed by atoms with E-state index >= 15 is 0 Å². The van der Waals surface area contributed by atoms with Crippen molar-refractivity contribution in [3.05, 3.63) is 69.3 Å². The van der Waals surface area contributed by atoms with Crippen molar-refractivity contribution < 1.29 is 19.8 Å². The van der Waals surface area contributed by atoms with Gasteiger partial charge < -0.3 is 20.2 Å². The third-order valence-electron chi connectivity index (χ3n) is 8.18. The molecule has 8 heteroatoms. The van der Waals surface area contributed by atoms with Crippen molar-refractivity contribution >= 4 is 56.3 Å². The molecule has 0 radical (unpaired) electrons. The van der Waals surface area contributed by atoms with Crippen molar-refractivity contribution in [2.45, 2.75) is 67.2 Å². The third-order valence-corrected chi connectivity index (χ3v) is 8.18. The van der Waals surface area contributed by atoms with Crippen LogP contribution in [-0.4, -0.2) is 42.1 Å². The van der Waals surface area contributed by atoms with E-state index in [2.05, 4.69) is 43.7 Å². The van der Waals surface area contributed by atoms with Crippen LogP contribution in [0.2, 0.25) is 0 Å². The first-order valence-corrected chi connectivity index (χ1v) is 13.6. The molecular weight excluding hydrogens is 504 g/mol. The van der Waals surface area contributed by atoms with Crippen LogP contribution >= 0.6 is 0 Å². The molecular formula is C32H34N4O4. The van der Waals surface area contributed by atoms with Gasteiger partial charge in [-0.25, -0.2) is 14.8 Å². The molecule has 4 N–H and O–H groups in total. The molecule has 8 nitrogen and oxygen atoms in total. The summed E-state index contributed by atoms with van der Waals surface area (Å²) in [5.74, 6) is -1.94. The van der Waals surface area contributed by atoms with E-state index in [4.69, 9.17) is 9.97 Å². The molecule has 2 aliphatic rings. The molecule has 0 aromatic carbocycles. The highest BCUT2D eigenvalue weighted by Gasteiger charge is 2.25. The molecule has 40 heavy (non-hydrogen) atoms. The summed E-state index contributed by atoms with van der Waals surface area (Å²) >= 11 is 0. The van der Waals surface area contributed by atoms with Gasteiger partial charge in [-0.15, -0.1) is 0 Å². The lowest BCUT2D eigenvalue weighted by atomic mass is 10.0. The lowest BCUT2D eigenvalue weighted by Gasteiger charge is -2.02. The highest BCUT2D eigenvalue weighted by atomic mass is 16.4. The summed E-state index contributed by atoms with van der Waals surface area (Å²) in [6, 6.07) is 7.75. The predicted octanol–water partition coefficient (Wildman–Crippen LogP) is 6.87. The zero-order chi connectivity index (χ0) is 28.9. The zero-order valence-corrected chi connectivity index (χ0v) is 23.7. The average Bonchev–Trinajstić information content (AvgIpc) is 3.56. The van der Waals surface area contributed by atoms with Gasteiger partial charge in [0.2, 0.25) is 0 Å². The van der Waals surface area contributed by atoms with Crippen molar-refractivity contribution in [3.63, 3.8) is 0 Å². The Balaban J connectivity index is 1.96. The molecule has 5 rings (SSSR count). The van der Waals surface area contributed by atoms with Crippen LogP contribution in [0.1, 0.15) is 85.6 Å². The fourth-order valence-corrected chi connectivity index (χ4v) is 5.89. The number of aryl methyl sites for hydroxylation is 4. The summed E-state index contributed by atoms with van der Waals surface area (Å²) in [4.78, 5) is 40.6. The molecule has 0 spiro atoms. The Labute approximate surface area is 232 Å². The van der Waals surface area contributed by atoms with Crippen LogP contribution in [0.5, 0.6) is 0 Å². The number of hydrogen-bond acceptors (Lipinski definition) is 4. The fourth-order valence-electron chi connectivity index (χ4n) is 5.89. The number of fused-ring (bicyclic) bond motifs is 8. The van der Waals surface area contributed by atoms with Crippen LogP contribution in [0.3, 0.4) is 0 Å². The minimum absolute atomic E-state index is 0.0308. The van der Waals surface area contributed by atoms with Gasteiger partial charge in [0.05, 0.1) is 28.3 Å². The average molecular weight is 539 g/mol. The second-order valence-corrected chi connectivity index (χ2v) is 10.5. The number of hydrogen-bond donors (Lipinski definition) is 4. The number of carboxylic acids is 2. The molecule has 3 aromatic heterocycles. The lowest BCUT2D eigenvalue weighted by Crippen LogP contribution is -1.99. The van der Waals surface area contributed by atoms with Crippen LogP contribution in [-0.2, 0) is 22.4 Å². The summed E-state index contributed by atoms with van der Waals surface area (Å²) in [6.07, 6.45) is 1.94. The minimum atomic E-state index is -1.05. The largest absolute Gasteiger partial charge is 0.481 e. The quantitative estimate of drug-likeness (QED) is 0.271. The Bertz CT molecular complexity index is 1820. The lowest BCUT2D eigenvalue weighted by molar-refractivity contribution is -0.137. The van der Waals surface area contributed by atoms with E-state index in [1.807, 2.05) is 19.1 Å². The Morgan fingerprint density at radius 3 is 1.80 bits per heavy atom. The summed E-state index contributed by atoms with van der Waals surface area (Å²) in [5.41, 5.74) is 13.0. The molecule has 206 valence electrons. The smallest absolute Gasteiger partial charge is 0.338 e. The number of carbonyl (C=O) groups is 2. The van der Waals surface area contributed by atoms with E-state index in [1.54, 1.807) is 13.0 Å². The van der Waals surface area contributed by atoms with Gasteiger partial charge in [-0.1, -0.05) is 13.8 Å². The normalized spacial score (nSPS) is 13.3. The van der Waals surface area contributed by atoms with E-state index in [-0.39, 0.29) is 12.0 Å². The van der Waals surface area contributed by atoms with Crippen molar-refractivity contribution in [2.24, 2.45) is 0 Å². The maximum atomic E-state index is 12.4. The van der Waals surface area contributed by atoms with Gasteiger partial charge in [0.1, 0.15) is 0 Å². The van der Waals surface area contributed by atoms with Crippen LogP contribution in [0.25, 0.3) is 44.4 Å². The van der Waals surface area contributed by atoms with Gasteiger partial charge in [0.15, 0.2) is 0 Å². The highest BCUT2D eigenvalue weighted by molar-refractivity contribution is 6.24. The molecule has 0 amide bonds. The number of nitrogens with zero attached hydrogens (tertiary/aromatic N) is 2. The van der Waals surface area contributed by atoms with Gasteiger partial charge in [-0.2, -0.15) is 0 Å². The Kier molecular flexibility index (Phi) is 6.96. The number of H-pyrrole nitrogens is 2. The molecule has 0 atom stereocenters. The number of nitrogens with one attached hydrogen (secondary N) is 2. The first kappa shape index (κ1) is 27.1. The second-order valence-electron chi connectivity index (χ2n) is 10.5. The number of aromatic nitrogens is 4. The molecule has 3 aromatic rings. The number of rotatable bonds is 6. The SMILES string of the molecule is CCc1c(C)c2cc3[nH]c(cc4nc(cc5nc(cc1[nH]2)C(C)=C5C(=O)O)C(C)=C4CCC(=O)O)c(C)c3CC. The summed E-state index contributed by atoms with van der Waals surface area (Å²) < 4.78 is 0. The van der Waals surface area contributed by atoms with E-state index in [1.165, 1.54) is 5.56 Å². The summed E-state index contributed by atoms with van der Waals surface area (Å²) in [5, 5.41) is 19.5. The fraction of sp³-hybridized carbons (Fsp3) is 0.312. The number of aliphatic carboxylic acids is 2. The van der Waals surface area contributed by atoms with E-state index < -0.39 is 11.9 Å². The second kappa shape index (κ2) is 10.3. The van der Waals surface area contributed by atoms with Crippen LogP contribution in [0.15, 0.2) is 24.3 Å². The Morgan fingerprint density at radius 1 is 0.700 bits per heavy atom. The number of aromatic amines is 2. The molecule has 2 aliphatic heterocycles. The first-order chi connectivity index (χ1) is 19.0. The molecule has 0 aliphatic carbocycles. The van der Waals surface area contributed by atoms with Crippen LogP contribution in [0, 0.1) is 13.8 Å². The van der Waals surface area contributed by atoms with Gasteiger partial charge in [0.25, 0.3) is 0 Å². The molecule has 5 heterocycles. The predicted molar refractivity (Wildman–Crippen MR) is 159 cm³/mol. The van der Waals surface area contributed by atoms with Crippen molar-refractivity contribution in [3.8, 4) is 0 Å². The minimum Gasteiger partial charge on any atom is -0.481 e. The summed E-state index contributed by atoms with van der Waals surface area (Å²) in [6.45, 7) is 12.1. The van der Waals surface area contributed by atoms with Gasteiger partial charge in [-0.05, 0) is 110 Å². The standard InChI is InChI=1S/C32H34N4O4/c1-7-19-16(4)23-12-28-21(9-10-30(37)38)17(5)24(35-28)14-29-31(32(39)40)18(6)25(36-29)13-27-20(8-2)15(3)22(33-27)11-26(19)34-23/h11-14,33-34H,7-10H2,1-6H3,(H,37,38)(H,39,40). The summed E-state index contributed by atoms with van der Waals surface area (Å²) in [7, 11) is 0. The van der Waals surface area contributed by atoms with Gasteiger partial charge in [0, 0.05) is 28.5 Å². The van der Waals surface area contributed by atoms with Gasteiger partial charge >= 0.3 is 11.9 Å². The van der Waals surface area contributed by atoms with E-state index in [9.17, 15) is 19.8 Å². The van der Waals surface area contributed by atoms with Crippen molar-refractivity contribution in [1.82, 2.24) is 19.9 Å². The molecule has 0 fully saturated rings.